The standard InChI is InChI=1S/C17H20N4O3/c1-10-14(11(2)21(5)19-10)15(22)16(23)18-13-8-6-7-12(9-13)17(24)20(3)4/h6-9H,1-5H3,(H,18,23). The Kier molecular flexibility index (Phi) is 4.82. The smallest absolute Gasteiger partial charge is 0.296 e. The Bertz CT molecular complexity index is 821. The summed E-state index contributed by atoms with van der Waals surface area (Å²) in [6.45, 7) is 3.42. The Labute approximate surface area is 140 Å². The second kappa shape index (κ2) is 6.66. The van der Waals surface area contributed by atoms with Gasteiger partial charge in [0.05, 0.1) is 11.3 Å². The van der Waals surface area contributed by atoms with Gasteiger partial charge in [-0.05, 0) is 32.0 Å². The fourth-order valence-electron chi connectivity index (χ4n) is 2.39. The molecule has 0 bridgehead atoms. The SMILES string of the molecule is Cc1nn(C)c(C)c1C(=O)C(=O)Nc1cccc(C(=O)N(C)C)c1. The summed E-state index contributed by atoms with van der Waals surface area (Å²) in [4.78, 5) is 38.0. The number of aromatic nitrogens is 2. The molecule has 1 N–H and O–H groups in total. The number of aryl methyl sites for hydroxylation is 2. The Balaban J connectivity index is 2.22. The van der Waals surface area contributed by atoms with Gasteiger partial charge < -0.3 is 10.2 Å². The number of anilines is 1. The minimum absolute atomic E-state index is 0.184. The van der Waals surface area contributed by atoms with Crippen LogP contribution in [0, 0.1) is 13.8 Å². The molecule has 24 heavy (non-hydrogen) atoms. The summed E-state index contributed by atoms with van der Waals surface area (Å²) in [5.41, 5.74) is 2.26. The van der Waals surface area contributed by atoms with E-state index < -0.39 is 11.7 Å². The second-order valence-corrected chi connectivity index (χ2v) is 5.73. The predicted octanol–water partition coefficient (Wildman–Crippen LogP) is 1.56. The molecule has 0 radical (unpaired) electrons. The molecule has 0 unspecified atom stereocenters. The molecule has 1 aromatic carbocycles. The van der Waals surface area contributed by atoms with Gasteiger partial charge in [0.2, 0.25) is 0 Å². The van der Waals surface area contributed by atoms with Crippen molar-refractivity contribution in [2.45, 2.75) is 13.8 Å². The summed E-state index contributed by atoms with van der Waals surface area (Å²) in [6, 6.07) is 6.46. The molecule has 0 aliphatic heterocycles. The Morgan fingerprint density at radius 3 is 2.38 bits per heavy atom. The third-order valence-electron chi connectivity index (χ3n) is 3.72. The van der Waals surface area contributed by atoms with E-state index >= 15 is 0 Å². The van der Waals surface area contributed by atoms with Crippen LogP contribution in [0.25, 0.3) is 0 Å². The Morgan fingerprint density at radius 1 is 1.17 bits per heavy atom. The zero-order chi connectivity index (χ0) is 18.0. The summed E-state index contributed by atoms with van der Waals surface area (Å²) in [6.07, 6.45) is 0. The number of carbonyl (C=O) groups is 3. The molecule has 0 atom stereocenters. The van der Waals surface area contributed by atoms with Gasteiger partial charge in [-0.2, -0.15) is 5.10 Å². The van der Waals surface area contributed by atoms with Crippen molar-refractivity contribution in [2.75, 3.05) is 19.4 Å². The van der Waals surface area contributed by atoms with Gasteiger partial charge in [0, 0.05) is 38.1 Å². The number of benzene rings is 1. The number of Topliss-reactive ketones (excluding diaryl/α,β-unsaturated/α-hetero) is 1. The highest BCUT2D eigenvalue weighted by molar-refractivity contribution is 6.47. The maximum absolute atomic E-state index is 12.4. The largest absolute Gasteiger partial charge is 0.345 e. The number of nitrogens with zero attached hydrogens (tertiary/aromatic N) is 3. The van der Waals surface area contributed by atoms with Gasteiger partial charge in [0.15, 0.2) is 0 Å². The van der Waals surface area contributed by atoms with Crippen LogP contribution in [-0.4, -0.2) is 46.4 Å². The average molecular weight is 328 g/mol. The zero-order valence-corrected chi connectivity index (χ0v) is 14.4. The molecule has 1 heterocycles. The quantitative estimate of drug-likeness (QED) is 0.682. The average Bonchev–Trinajstić information content (AvgIpc) is 2.78. The minimum atomic E-state index is -0.761. The van der Waals surface area contributed by atoms with Gasteiger partial charge in [-0.1, -0.05) is 6.07 Å². The van der Waals surface area contributed by atoms with Crippen molar-refractivity contribution in [1.82, 2.24) is 14.7 Å². The number of ketones is 1. The molecular formula is C17H20N4O3. The number of hydrogen-bond acceptors (Lipinski definition) is 4. The number of nitrogens with one attached hydrogen (secondary N) is 1. The normalized spacial score (nSPS) is 10.4. The van der Waals surface area contributed by atoms with Gasteiger partial charge in [-0.3, -0.25) is 19.1 Å². The van der Waals surface area contributed by atoms with E-state index in [-0.39, 0.29) is 5.91 Å². The first-order valence-electron chi connectivity index (χ1n) is 7.40. The number of rotatable bonds is 4. The minimum Gasteiger partial charge on any atom is -0.345 e. The first kappa shape index (κ1) is 17.4. The number of carbonyl (C=O) groups excluding carboxylic acids is 3. The molecule has 7 nitrogen and oxygen atoms in total. The first-order valence-corrected chi connectivity index (χ1v) is 7.40. The van der Waals surface area contributed by atoms with Crippen molar-refractivity contribution < 1.29 is 14.4 Å². The van der Waals surface area contributed by atoms with Crippen molar-refractivity contribution in [3.05, 3.63) is 46.8 Å². The number of amides is 2. The fraction of sp³-hybridized carbons (Fsp3) is 0.294. The second-order valence-electron chi connectivity index (χ2n) is 5.73. The Morgan fingerprint density at radius 2 is 1.83 bits per heavy atom. The molecule has 0 aliphatic carbocycles. The van der Waals surface area contributed by atoms with Crippen molar-refractivity contribution >= 4 is 23.3 Å². The summed E-state index contributed by atoms with van der Waals surface area (Å²) in [7, 11) is 5.00. The van der Waals surface area contributed by atoms with Crippen LogP contribution in [0.5, 0.6) is 0 Å². The topological polar surface area (TPSA) is 84.3 Å². The lowest BCUT2D eigenvalue weighted by Crippen LogP contribution is -2.25. The van der Waals surface area contributed by atoms with Crippen LogP contribution in [0.1, 0.15) is 32.1 Å². The molecule has 7 heteroatoms. The number of hydrogen-bond donors (Lipinski definition) is 1. The summed E-state index contributed by atoms with van der Waals surface area (Å²) < 4.78 is 1.56. The van der Waals surface area contributed by atoms with Gasteiger partial charge in [-0.15, -0.1) is 0 Å². The molecule has 0 saturated carbocycles. The fourth-order valence-corrected chi connectivity index (χ4v) is 2.39. The van der Waals surface area contributed by atoms with Crippen LogP contribution in [0.2, 0.25) is 0 Å². The molecular weight excluding hydrogens is 308 g/mol. The molecule has 2 amide bonds. The lowest BCUT2D eigenvalue weighted by Gasteiger charge is -2.11. The van der Waals surface area contributed by atoms with E-state index in [9.17, 15) is 14.4 Å². The molecule has 2 rings (SSSR count). The third kappa shape index (κ3) is 3.34. The summed E-state index contributed by atoms with van der Waals surface area (Å²) in [5, 5.41) is 6.69. The van der Waals surface area contributed by atoms with E-state index in [1.165, 1.54) is 11.0 Å². The van der Waals surface area contributed by atoms with E-state index in [1.807, 2.05) is 0 Å². The Hall–Kier alpha value is -2.96. The summed E-state index contributed by atoms with van der Waals surface area (Å²) in [5.74, 6) is -1.59. The van der Waals surface area contributed by atoms with Crippen molar-refractivity contribution in [2.24, 2.45) is 7.05 Å². The highest BCUT2D eigenvalue weighted by Crippen LogP contribution is 2.16. The molecule has 2 aromatic rings. The van der Waals surface area contributed by atoms with Crippen LogP contribution >= 0.6 is 0 Å². The highest BCUT2D eigenvalue weighted by Gasteiger charge is 2.24. The van der Waals surface area contributed by atoms with Crippen LogP contribution in [0.15, 0.2) is 24.3 Å². The molecule has 0 fully saturated rings. The van der Waals surface area contributed by atoms with E-state index in [2.05, 4.69) is 10.4 Å². The van der Waals surface area contributed by atoms with Crippen LogP contribution in [-0.2, 0) is 11.8 Å². The maximum Gasteiger partial charge on any atom is 0.296 e. The molecule has 0 saturated heterocycles. The van der Waals surface area contributed by atoms with Gasteiger partial charge in [0.25, 0.3) is 17.6 Å². The van der Waals surface area contributed by atoms with E-state index in [4.69, 9.17) is 0 Å². The molecule has 0 aliphatic rings. The predicted molar refractivity (Wildman–Crippen MR) is 90.1 cm³/mol. The van der Waals surface area contributed by atoms with Crippen LogP contribution in [0.4, 0.5) is 5.69 Å². The highest BCUT2D eigenvalue weighted by atomic mass is 16.2. The van der Waals surface area contributed by atoms with Crippen LogP contribution in [0.3, 0.4) is 0 Å². The van der Waals surface area contributed by atoms with Crippen molar-refractivity contribution in [3.8, 4) is 0 Å². The first-order chi connectivity index (χ1) is 11.2. The molecule has 1 aromatic heterocycles. The maximum atomic E-state index is 12.4. The van der Waals surface area contributed by atoms with Gasteiger partial charge >= 0.3 is 0 Å². The van der Waals surface area contributed by atoms with Gasteiger partial charge in [-0.25, -0.2) is 0 Å². The van der Waals surface area contributed by atoms with E-state index in [1.54, 1.807) is 57.9 Å². The van der Waals surface area contributed by atoms with E-state index in [0.29, 0.717) is 28.2 Å². The summed E-state index contributed by atoms with van der Waals surface area (Å²) >= 11 is 0. The van der Waals surface area contributed by atoms with Crippen molar-refractivity contribution in [1.29, 1.82) is 0 Å². The van der Waals surface area contributed by atoms with Crippen molar-refractivity contribution in [3.63, 3.8) is 0 Å². The molecule has 126 valence electrons. The monoisotopic (exact) mass is 328 g/mol. The lowest BCUT2D eigenvalue weighted by atomic mass is 10.1. The van der Waals surface area contributed by atoms with Crippen LogP contribution < -0.4 is 5.32 Å². The zero-order valence-electron chi connectivity index (χ0n) is 14.4. The lowest BCUT2D eigenvalue weighted by molar-refractivity contribution is -0.112. The third-order valence-corrected chi connectivity index (χ3v) is 3.72. The van der Waals surface area contributed by atoms with E-state index in [0.717, 1.165) is 0 Å². The van der Waals surface area contributed by atoms with Gasteiger partial charge in [0.1, 0.15) is 0 Å². The molecule has 0 spiro atoms.